The summed E-state index contributed by atoms with van der Waals surface area (Å²) < 4.78 is 5.01. The van der Waals surface area contributed by atoms with Crippen LogP contribution in [0.1, 0.15) is 40.0 Å². The molecule has 0 atom stereocenters. The van der Waals surface area contributed by atoms with Gasteiger partial charge in [-0.25, -0.2) is 0 Å². The third kappa shape index (κ3) is 7.32. The van der Waals surface area contributed by atoms with Crippen molar-refractivity contribution in [2.45, 2.75) is 40.0 Å². The molecule has 0 aromatic carbocycles. The lowest BCUT2D eigenvalue weighted by Gasteiger charge is -2.03. The maximum Gasteiger partial charge on any atom is 0.307 e. The normalized spacial score (nSPS) is 12.1. The first kappa shape index (κ1) is 11.9. The quantitative estimate of drug-likeness (QED) is 0.371. The second kappa shape index (κ2) is 7.59. The van der Waals surface area contributed by atoms with Crippen molar-refractivity contribution in [3.63, 3.8) is 0 Å². The van der Waals surface area contributed by atoms with Gasteiger partial charge in [-0.3, -0.25) is 4.79 Å². The van der Waals surface area contributed by atoms with Gasteiger partial charge in [-0.05, 0) is 18.9 Å². The van der Waals surface area contributed by atoms with E-state index in [1.54, 1.807) is 0 Å². The van der Waals surface area contributed by atoms with Gasteiger partial charge in [0.2, 0.25) is 0 Å². The van der Waals surface area contributed by atoms with Crippen LogP contribution in [0.2, 0.25) is 0 Å². The van der Waals surface area contributed by atoms with Crippen molar-refractivity contribution in [2.24, 2.45) is 0 Å². The summed E-state index contributed by atoms with van der Waals surface area (Å²) in [5.74, 6) is 0.504. The third-order valence-electron chi connectivity index (χ3n) is 1.43. The highest BCUT2D eigenvalue weighted by Gasteiger charge is 1.98. The van der Waals surface area contributed by atoms with Gasteiger partial charge in [0.05, 0.1) is 0 Å². The minimum atomic E-state index is -0.246. The van der Waals surface area contributed by atoms with Crippen molar-refractivity contribution >= 4 is 5.97 Å². The van der Waals surface area contributed by atoms with E-state index < -0.39 is 0 Å². The highest BCUT2D eigenvalue weighted by Crippen LogP contribution is 2.06. The molecule has 0 fully saturated rings. The summed E-state index contributed by atoms with van der Waals surface area (Å²) in [4.78, 5) is 10.7. The molecule has 2 heteroatoms. The Morgan fingerprint density at radius 3 is 2.38 bits per heavy atom. The fraction of sp³-hybridized carbons (Fsp3) is 0.545. The predicted molar refractivity (Wildman–Crippen MR) is 54.2 cm³/mol. The number of ether oxygens (including phenoxy) is 1. The van der Waals surface area contributed by atoms with E-state index in [9.17, 15) is 4.79 Å². The van der Waals surface area contributed by atoms with E-state index in [4.69, 9.17) is 4.74 Å². The van der Waals surface area contributed by atoms with Gasteiger partial charge in [-0.2, -0.15) is 0 Å². The first-order valence-electron chi connectivity index (χ1n) is 4.73. The molecule has 0 saturated heterocycles. The van der Waals surface area contributed by atoms with E-state index in [2.05, 4.69) is 13.0 Å². The van der Waals surface area contributed by atoms with E-state index in [0.29, 0.717) is 6.42 Å². The summed E-state index contributed by atoms with van der Waals surface area (Å²) >= 11 is 0. The van der Waals surface area contributed by atoms with Crippen LogP contribution in [-0.4, -0.2) is 5.97 Å². The summed E-state index contributed by atoms with van der Waals surface area (Å²) in [6, 6.07) is 0. The molecule has 13 heavy (non-hydrogen) atoms. The van der Waals surface area contributed by atoms with Gasteiger partial charge in [-0.1, -0.05) is 26.0 Å². The molecular formula is C11H18O2. The van der Waals surface area contributed by atoms with E-state index in [0.717, 1.165) is 18.6 Å². The van der Waals surface area contributed by atoms with Crippen molar-refractivity contribution in [2.75, 3.05) is 0 Å². The molecule has 0 aliphatic rings. The van der Waals surface area contributed by atoms with E-state index >= 15 is 0 Å². The molecule has 0 aromatic heterocycles. The van der Waals surface area contributed by atoms with Gasteiger partial charge in [0, 0.05) is 13.3 Å². The number of hydrogen-bond donors (Lipinski definition) is 0. The molecule has 0 radical (unpaired) electrons. The molecule has 0 heterocycles. The average Bonchev–Trinajstić information content (AvgIpc) is 2.04. The predicted octanol–water partition coefficient (Wildman–Crippen LogP) is 3.20. The molecule has 0 saturated carbocycles. The highest BCUT2D eigenvalue weighted by atomic mass is 16.5. The molecular weight excluding hydrogens is 164 g/mol. The van der Waals surface area contributed by atoms with E-state index in [1.165, 1.54) is 6.92 Å². The van der Waals surface area contributed by atoms with Crippen molar-refractivity contribution in [1.29, 1.82) is 0 Å². The van der Waals surface area contributed by atoms with Crippen molar-refractivity contribution in [1.82, 2.24) is 0 Å². The van der Waals surface area contributed by atoms with Crippen LogP contribution in [0.25, 0.3) is 0 Å². The molecule has 2 nitrogen and oxygen atoms in total. The molecule has 0 spiro atoms. The van der Waals surface area contributed by atoms with Gasteiger partial charge in [0.25, 0.3) is 0 Å². The smallest absolute Gasteiger partial charge is 0.307 e. The zero-order valence-corrected chi connectivity index (χ0v) is 8.67. The Morgan fingerprint density at radius 2 is 1.92 bits per heavy atom. The lowest BCUT2D eigenvalue weighted by molar-refractivity contribution is -0.136. The lowest BCUT2D eigenvalue weighted by Crippen LogP contribution is -1.98. The topological polar surface area (TPSA) is 26.3 Å². The lowest BCUT2D eigenvalue weighted by atomic mass is 10.2. The molecule has 0 amide bonds. The average molecular weight is 182 g/mol. The first-order valence-corrected chi connectivity index (χ1v) is 4.73. The number of esters is 1. The van der Waals surface area contributed by atoms with E-state index in [-0.39, 0.29) is 5.97 Å². The fourth-order valence-electron chi connectivity index (χ4n) is 0.945. The molecule has 74 valence electrons. The minimum absolute atomic E-state index is 0.246. The van der Waals surface area contributed by atoms with Crippen LogP contribution < -0.4 is 0 Å². The van der Waals surface area contributed by atoms with Crippen LogP contribution >= 0.6 is 0 Å². The molecule has 0 aliphatic carbocycles. The summed E-state index contributed by atoms with van der Waals surface area (Å²) in [6.07, 6.45) is 8.63. The number of rotatable bonds is 5. The summed E-state index contributed by atoms with van der Waals surface area (Å²) in [7, 11) is 0. The van der Waals surface area contributed by atoms with Crippen LogP contribution in [-0.2, 0) is 9.53 Å². The Hall–Kier alpha value is -1.05. The summed E-state index contributed by atoms with van der Waals surface area (Å²) in [5, 5.41) is 0. The number of carbonyl (C=O) groups is 1. The Labute approximate surface area is 80.3 Å². The largest absolute Gasteiger partial charge is 0.431 e. The summed E-state index contributed by atoms with van der Waals surface area (Å²) in [6.45, 7) is 5.52. The van der Waals surface area contributed by atoms with Crippen LogP contribution in [0.4, 0.5) is 0 Å². The van der Waals surface area contributed by atoms with Gasteiger partial charge < -0.3 is 4.74 Å². The maximum atomic E-state index is 10.7. The van der Waals surface area contributed by atoms with Crippen LogP contribution in [0.3, 0.4) is 0 Å². The Bertz CT molecular complexity index is 202. The van der Waals surface area contributed by atoms with Crippen molar-refractivity contribution < 1.29 is 9.53 Å². The van der Waals surface area contributed by atoms with Crippen LogP contribution in [0.5, 0.6) is 0 Å². The summed E-state index contributed by atoms with van der Waals surface area (Å²) in [5.41, 5.74) is 0. The monoisotopic (exact) mass is 182 g/mol. The van der Waals surface area contributed by atoms with Crippen LogP contribution in [0, 0.1) is 0 Å². The van der Waals surface area contributed by atoms with Gasteiger partial charge in [-0.15, -0.1) is 0 Å². The second-order valence-electron chi connectivity index (χ2n) is 2.76. The van der Waals surface area contributed by atoms with E-state index in [1.807, 2.05) is 19.1 Å². The number of carbonyl (C=O) groups excluding carboxylic acids is 1. The molecule has 0 bridgehead atoms. The molecule has 0 unspecified atom stereocenters. The zero-order valence-electron chi connectivity index (χ0n) is 8.67. The third-order valence-corrected chi connectivity index (χ3v) is 1.43. The fourth-order valence-corrected chi connectivity index (χ4v) is 0.945. The van der Waals surface area contributed by atoms with Crippen molar-refractivity contribution in [3.05, 3.63) is 24.0 Å². The molecule has 0 aromatic rings. The first-order chi connectivity index (χ1) is 6.20. The Kier molecular flexibility index (Phi) is 6.98. The molecule has 0 rings (SSSR count). The SMILES string of the molecule is CCC=CCC(=CCC)OC(C)=O. The highest BCUT2D eigenvalue weighted by molar-refractivity contribution is 5.67. The van der Waals surface area contributed by atoms with Gasteiger partial charge in [0.15, 0.2) is 0 Å². The van der Waals surface area contributed by atoms with Crippen LogP contribution in [0.15, 0.2) is 24.0 Å². The molecule has 0 N–H and O–H groups in total. The second-order valence-corrected chi connectivity index (χ2v) is 2.76. The van der Waals surface area contributed by atoms with Crippen molar-refractivity contribution in [3.8, 4) is 0 Å². The number of allylic oxidation sites excluding steroid dienone is 3. The number of hydrogen-bond acceptors (Lipinski definition) is 2. The Balaban J connectivity index is 4.03. The maximum absolute atomic E-state index is 10.7. The zero-order chi connectivity index (χ0) is 10.1. The standard InChI is InChI=1S/C11H18O2/c1-4-6-7-9-11(8-5-2)13-10(3)12/h6-8H,4-5,9H2,1-3H3. The minimum Gasteiger partial charge on any atom is -0.431 e. The van der Waals surface area contributed by atoms with Gasteiger partial charge in [0.1, 0.15) is 5.76 Å². The van der Waals surface area contributed by atoms with Gasteiger partial charge >= 0.3 is 5.97 Å². The molecule has 0 aliphatic heterocycles. The Morgan fingerprint density at radius 1 is 1.23 bits per heavy atom.